The fourth-order valence-electron chi connectivity index (χ4n) is 3.50. The monoisotopic (exact) mass is 526 g/mol. The molecule has 1 N–H and O–H groups in total. The summed E-state index contributed by atoms with van der Waals surface area (Å²) in [6.45, 7) is 6.07. The zero-order valence-electron chi connectivity index (χ0n) is 19.6. The predicted molar refractivity (Wildman–Crippen MR) is 115 cm³/mol. The molecule has 0 spiro atoms. The van der Waals surface area contributed by atoms with Gasteiger partial charge in [0.1, 0.15) is 0 Å². The number of ether oxygens (including phenoxy) is 1. The third-order valence-corrected chi connectivity index (χ3v) is 7.21. The van der Waals surface area contributed by atoms with E-state index in [0.29, 0.717) is 26.3 Å². The third kappa shape index (κ3) is 8.56. The Morgan fingerprint density at radius 2 is 1.77 bits per heavy atom. The zero-order chi connectivity index (χ0) is 26.4. The van der Waals surface area contributed by atoms with Gasteiger partial charge in [0, 0.05) is 19.5 Å². The summed E-state index contributed by atoms with van der Waals surface area (Å²) in [6.07, 6.45) is -5.43. The summed E-state index contributed by atoms with van der Waals surface area (Å²) in [6, 6.07) is -1.35. The van der Waals surface area contributed by atoms with Gasteiger partial charge in [-0.2, -0.15) is 18.2 Å². The molecule has 1 unspecified atom stereocenters. The SMILES string of the molecule is CC[C@H](NC(=O)C(CC(=O)N1CCOCC1)CS(=O)(=O)CC(C)C)C(=O)c1noc(C(F)(F)F)n1. The molecule has 2 heterocycles. The molecule has 1 aromatic rings. The number of Topliss-reactive ketones (excluding diaryl/α,β-unsaturated/α-hetero) is 1. The summed E-state index contributed by atoms with van der Waals surface area (Å²) in [5, 5.41) is 5.38. The number of nitrogens with one attached hydrogen (secondary N) is 1. The van der Waals surface area contributed by atoms with Crippen LogP contribution in [0.3, 0.4) is 0 Å². The molecule has 1 fully saturated rings. The Morgan fingerprint density at radius 1 is 1.14 bits per heavy atom. The lowest BCUT2D eigenvalue weighted by Crippen LogP contribution is -2.47. The number of amides is 2. The minimum absolute atomic E-state index is 0.0522. The summed E-state index contributed by atoms with van der Waals surface area (Å²) in [7, 11) is -3.74. The minimum Gasteiger partial charge on any atom is -0.378 e. The highest BCUT2D eigenvalue weighted by molar-refractivity contribution is 7.91. The molecule has 35 heavy (non-hydrogen) atoms. The first-order valence-electron chi connectivity index (χ1n) is 11.0. The van der Waals surface area contributed by atoms with E-state index >= 15 is 0 Å². The van der Waals surface area contributed by atoms with Gasteiger partial charge < -0.3 is 19.5 Å². The van der Waals surface area contributed by atoms with Crippen molar-refractivity contribution in [3.8, 4) is 0 Å². The van der Waals surface area contributed by atoms with E-state index in [1.807, 2.05) is 0 Å². The number of carbonyl (C=O) groups is 3. The largest absolute Gasteiger partial charge is 0.471 e. The van der Waals surface area contributed by atoms with Crippen LogP contribution in [0.4, 0.5) is 13.2 Å². The van der Waals surface area contributed by atoms with Crippen molar-refractivity contribution in [1.82, 2.24) is 20.4 Å². The average Bonchev–Trinajstić information content (AvgIpc) is 3.27. The molecule has 198 valence electrons. The van der Waals surface area contributed by atoms with Gasteiger partial charge in [-0.25, -0.2) is 8.42 Å². The third-order valence-electron chi connectivity index (χ3n) is 5.13. The van der Waals surface area contributed by atoms with Crippen molar-refractivity contribution < 1.29 is 45.2 Å². The lowest BCUT2D eigenvalue weighted by Gasteiger charge is -2.28. The number of aromatic nitrogens is 2. The van der Waals surface area contributed by atoms with Gasteiger partial charge in [0.2, 0.25) is 23.4 Å². The fraction of sp³-hybridized carbons (Fsp3) is 0.750. The van der Waals surface area contributed by atoms with Crippen LogP contribution in [0, 0.1) is 11.8 Å². The van der Waals surface area contributed by atoms with Gasteiger partial charge >= 0.3 is 12.1 Å². The molecule has 1 aliphatic rings. The second-order valence-electron chi connectivity index (χ2n) is 8.62. The molecule has 1 aliphatic heterocycles. The van der Waals surface area contributed by atoms with Crippen LogP contribution in [0.5, 0.6) is 0 Å². The number of alkyl halides is 3. The van der Waals surface area contributed by atoms with E-state index in [0.717, 1.165) is 0 Å². The van der Waals surface area contributed by atoms with Gasteiger partial charge in [0.25, 0.3) is 0 Å². The Labute approximate surface area is 200 Å². The molecule has 2 amide bonds. The standard InChI is InChI=1S/C20H29F3N4O7S/c1-4-14(16(29)17-25-19(34-26-17)20(21,22)23)24-18(30)13(11-35(31,32)10-12(2)3)9-15(28)27-5-7-33-8-6-27/h12-14H,4-11H2,1-3H3,(H,24,30)/t13?,14-/m0/s1. The molecule has 1 saturated heterocycles. The second-order valence-corrected chi connectivity index (χ2v) is 10.8. The highest BCUT2D eigenvalue weighted by atomic mass is 32.2. The van der Waals surface area contributed by atoms with Crippen LogP contribution in [0.15, 0.2) is 4.52 Å². The van der Waals surface area contributed by atoms with Crippen molar-refractivity contribution >= 4 is 27.4 Å². The van der Waals surface area contributed by atoms with Crippen LogP contribution in [-0.4, -0.2) is 84.9 Å². The number of rotatable bonds is 11. The van der Waals surface area contributed by atoms with Crippen molar-refractivity contribution in [3.05, 3.63) is 11.7 Å². The molecule has 0 radical (unpaired) electrons. The molecule has 2 rings (SSSR count). The predicted octanol–water partition coefficient (Wildman–Crippen LogP) is 1.10. The molecule has 2 atom stereocenters. The quantitative estimate of drug-likeness (QED) is 0.418. The summed E-state index contributed by atoms with van der Waals surface area (Å²) in [4.78, 5) is 42.8. The van der Waals surface area contributed by atoms with E-state index in [9.17, 15) is 36.0 Å². The van der Waals surface area contributed by atoms with E-state index in [1.165, 1.54) is 11.8 Å². The molecule has 0 saturated carbocycles. The Hall–Kier alpha value is -2.55. The molecule has 0 aromatic carbocycles. The Bertz CT molecular complexity index is 1000. The first-order chi connectivity index (χ1) is 16.2. The van der Waals surface area contributed by atoms with Gasteiger partial charge in [-0.1, -0.05) is 25.9 Å². The molecule has 1 aromatic heterocycles. The molecule has 0 bridgehead atoms. The first kappa shape index (κ1) is 28.7. The fourth-order valence-corrected chi connectivity index (χ4v) is 5.53. The summed E-state index contributed by atoms with van der Waals surface area (Å²) in [5.74, 6) is -7.33. The first-order valence-corrected chi connectivity index (χ1v) is 12.9. The summed E-state index contributed by atoms with van der Waals surface area (Å²) in [5.41, 5.74) is 0. The highest BCUT2D eigenvalue weighted by Gasteiger charge is 2.40. The number of nitrogens with zero attached hydrogens (tertiary/aromatic N) is 3. The van der Waals surface area contributed by atoms with E-state index in [1.54, 1.807) is 13.8 Å². The van der Waals surface area contributed by atoms with E-state index < -0.39 is 69.5 Å². The van der Waals surface area contributed by atoms with Crippen molar-refractivity contribution in [3.63, 3.8) is 0 Å². The van der Waals surface area contributed by atoms with Crippen molar-refractivity contribution in [2.24, 2.45) is 11.8 Å². The number of hydrogen-bond acceptors (Lipinski definition) is 9. The van der Waals surface area contributed by atoms with Gasteiger partial charge in [0.15, 0.2) is 9.84 Å². The summed E-state index contributed by atoms with van der Waals surface area (Å²) >= 11 is 0. The maximum Gasteiger partial charge on any atom is 0.471 e. The van der Waals surface area contributed by atoms with Crippen LogP contribution in [-0.2, 0) is 30.3 Å². The Kier molecular flexibility index (Phi) is 9.77. The lowest BCUT2D eigenvalue weighted by atomic mass is 10.0. The number of ketones is 1. The molecule has 11 nitrogen and oxygen atoms in total. The maximum atomic E-state index is 13.0. The van der Waals surface area contributed by atoms with E-state index in [-0.39, 0.29) is 18.1 Å². The number of sulfone groups is 1. The van der Waals surface area contributed by atoms with Gasteiger partial charge in [-0.3, -0.25) is 14.4 Å². The molecular formula is C20H29F3N4O7S. The minimum atomic E-state index is -4.95. The molecule has 15 heteroatoms. The van der Waals surface area contributed by atoms with E-state index in [4.69, 9.17) is 4.74 Å². The Morgan fingerprint density at radius 3 is 2.29 bits per heavy atom. The van der Waals surface area contributed by atoms with Crippen LogP contribution in [0.2, 0.25) is 0 Å². The van der Waals surface area contributed by atoms with Gasteiger partial charge in [0.05, 0.1) is 36.7 Å². The van der Waals surface area contributed by atoms with Crippen molar-refractivity contribution in [1.29, 1.82) is 0 Å². The number of hydrogen-bond donors (Lipinski definition) is 1. The van der Waals surface area contributed by atoms with Crippen molar-refractivity contribution in [2.75, 3.05) is 37.8 Å². The number of morpholine rings is 1. The van der Waals surface area contributed by atoms with Crippen LogP contribution in [0.25, 0.3) is 0 Å². The van der Waals surface area contributed by atoms with Crippen LogP contribution >= 0.6 is 0 Å². The second kappa shape index (κ2) is 11.9. The zero-order valence-corrected chi connectivity index (χ0v) is 20.4. The highest BCUT2D eigenvalue weighted by Crippen LogP contribution is 2.27. The topological polar surface area (TPSA) is 149 Å². The Balaban J connectivity index is 2.20. The average molecular weight is 527 g/mol. The van der Waals surface area contributed by atoms with Gasteiger partial charge in [-0.15, -0.1) is 0 Å². The number of carbonyl (C=O) groups excluding carboxylic acids is 3. The van der Waals surface area contributed by atoms with Gasteiger partial charge in [-0.05, 0) is 12.3 Å². The van der Waals surface area contributed by atoms with E-state index in [2.05, 4.69) is 20.0 Å². The summed E-state index contributed by atoms with van der Waals surface area (Å²) < 4.78 is 72.6. The normalized spacial score (nSPS) is 16.7. The molecule has 0 aliphatic carbocycles. The smallest absolute Gasteiger partial charge is 0.378 e. The lowest BCUT2D eigenvalue weighted by molar-refractivity contribution is -0.159. The van der Waals surface area contributed by atoms with Crippen LogP contribution in [0.1, 0.15) is 50.1 Å². The van der Waals surface area contributed by atoms with Crippen LogP contribution < -0.4 is 5.32 Å². The number of halogens is 3. The molecular weight excluding hydrogens is 497 g/mol. The van der Waals surface area contributed by atoms with Crippen molar-refractivity contribution in [2.45, 2.75) is 45.8 Å². The maximum absolute atomic E-state index is 13.0.